The minimum atomic E-state index is -2.89. The Balaban J connectivity index is 0.00000441. The number of nitrogens with zero attached hydrogens (tertiary/aromatic N) is 1. The Labute approximate surface area is 146 Å². The molecule has 126 valence electrons. The van der Waals surface area contributed by atoms with E-state index in [1.54, 1.807) is 19.2 Å². The van der Waals surface area contributed by atoms with Crippen LogP contribution < -0.4 is 20.1 Å². The summed E-state index contributed by atoms with van der Waals surface area (Å²) in [5.41, 5.74) is 0.783. The first-order valence-electron chi connectivity index (χ1n) is 6.67. The van der Waals surface area contributed by atoms with E-state index in [0.717, 1.165) is 18.5 Å². The molecule has 0 spiro atoms. The predicted octanol–water partition coefficient (Wildman–Crippen LogP) is 2.99. The quantitative estimate of drug-likeness (QED) is 0.398. The molecule has 0 amide bonds. The lowest BCUT2D eigenvalue weighted by Crippen LogP contribution is -2.37. The van der Waals surface area contributed by atoms with Crippen LogP contribution in [0.15, 0.2) is 23.2 Å². The maximum Gasteiger partial charge on any atom is 0.387 e. The summed E-state index contributed by atoms with van der Waals surface area (Å²) < 4.78 is 34.1. The molecular formula is C14H22F2IN3O2. The summed E-state index contributed by atoms with van der Waals surface area (Å²) in [6, 6.07) is 4.89. The molecule has 8 heteroatoms. The molecule has 2 N–H and O–H groups in total. The smallest absolute Gasteiger partial charge is 0.387 e. The molecule has 0 aliphatic rings. The lowest BCUT2D eigenvalue weighted by molar-refractivity contribution is -0.0512. The zero-order valence-corrected chi connectivity index (χ0v) is 15.2. The SMILES string of the molecule is CCCNC(=NC)NCc1ccc(OC)c(OC(F)F)c1.I. The standard InChI is InChI=1S/C14H21F2N3O2.HI/c1-4-7-18-14(17-2)19-9-10-5-6-11(20-3)12(8-10)21-13(15)16;/h5-6,8,13H,4,7,9H2,1-3H3,(H2,17,18,19);1H. The van der Waals surface area contributed by atoms with Crippen molar-refractivity contribution in [3.63, 3.8) is 0 Å². The Hall–Kier alpha value is -1.32. The summed E-state index contributed by atoms with van der Waals surface area (Å²) in [5.74, 6) is 0.944. The highest BCUT2D eigenvalue weighted by Gasteiger charge is 2.11. The van der Waals surface area contributed by atoms with Gasteiger partial charge in [0.15, 0.2) is 17.5 Å². The molecule has 1 aromatic carbocycles. The van der Waals surface area contributed by atoms with Gasteiger partial charge >= 0.3 is 6.61 Å². The molecule has 0 radical (unpaired) electrons. The number of ether oxygens (including phenoxy) is 2. The summed E-state index contributed by atoms with van der Waals surface area (Å²) in [5, 5.41) is 6.22. The van der Waals surface area contributed by atoms with E-state index >= 15 is 0 Å². The maximum atomic E-state index is 12.4. The zero-order chi connectivity index (χ0) is 15.7. The van der Waals surface area contributed by atoms with Crippen molar-refractivity contribution in [3.05, 3.63) is 23.8 Å². The summed E-state index contributed by atoms with van der Waals surface area (Å²) in [4.78, 5) is 4.06. The van der Waals surface area contributed by atoms with Crippen LogP contribution in [-0.4, -0.2) is 33.3 Å². The Morgan fingerprint density at radius 3 is 2.55 bits per heavy atom. The normalized spacial score (nSPS) is 10.9. The Morgan fingerprint density at radius 2 is 2.00 bits per heavy atom. The lowest BCUT2D eigenvalue weighted by Gasteiger charge is -2.14. The van der Waals surface area contributed by atoms with Gasteiger partial charge in [0.05, 0.1) is 7.11 Å². The van der Waals surface area contributed by atoms with E-state index in [0.29, 0.717) is 12.5 Å². The molecule has 0 atom stereocenters. The van der Waals surface area contributed by atoms with Gasteiger partial charge in [-0.05, 0) is 24.1 Å². The van der Waals surface area contributed by atoms with Gasteiger partial charge in [0.25, 0.3) is 0 Å². The second-order valence-electron chi connectivity index (χ2n) is 4.22. The van der Waals surface area contributed by atoms with Crippen molar-refractivity contribution in [2.75, 3.05) is 20.7 Å². The molecular weight excluding hydrogens is 407 g/mol. The molecule has 1 rings (SSSR count). The Bertz CT molecular complexity index is 473. The van der Waals surface area contributed by atoms with Crippen LogP contribution in [-0.2, 0) is 6.54 Å². The Morgan fingerprint density at radius 1 is 1.27 bits per heavy atom. The molecule has 1 aromatic rings. The number of rotatable bonds is 7. The first-order chi connectivity index (χ1) is 10.1. The van der Waals surface area contributed by atoms with Crippen LogP contribution in [0.5, 0.6) is 11.5 Å². The number of aliphatic imine (C=N–C) groups is 1. The summed E-state index contributed by atoms with van der Waals surface area (Å²) in [7, 11) is 3.08. The van der Waals surface area contributed by atoms with Gasteiger partial charge in [-0.2, -0.15) is 8.78 Å². The maximum absolute atomic E-state index is 12.4. The van der Waals surface area contributed by atoms with Crippen molar-refractivity contribution in [1.29, 1.82) is 0 Å². The van der Waals surface area contributed by atoms with Gasteiger partial charge in [0, 0.05) is 20.1 Å². The van der Waals surface area contributed by atoms with Gasteiger partial charge in [-0.15, -0.1) is 24.0 Å². The third kappa shape index (κ3) is 7.10. The summed E-state index contributed by atoms with van der Waals surface area (Å²) >= 11 is 0. The van der Waals surface area contributed by atoms with Crippen molar-refractivity contribution in [2.24, 2.45) is 4.99 Å². The van der Waals surface area contributed by atoms with E-state index in [-0.39, 0.29) is 35.5 Å². The van der Waals surface area contributed by atoms with Crippen LogP contribution in [0.25, 0.3) is 0 Å². The number of alkyl halides is 2. The number of hydrogen-bond donors (Lipinski definition) is 2. The molecule has 0 unspecified atom stereocenters. The highest BCUT2D eigenvalue weighted by molar-refractivity contribution is 14.0. The van der Waals surface area contributed by atoms with Crippen LogP contribution in [0.4, 0.5) is 8.78 Å². The molecule has 0 saturated carbocycles. The number of nitrogens with one attached hydrogen (secondary N) is 2. The predicted molar refractivity (Wildman–Crippen MR) is 93.5 cm³/mol. The fraction of sp³-hybridized carbons (Fsp3) is 0.500. The molecule has 0 fully saturated rings. The molecule has 0 saturated heterocycles. The average molecular weight is 429 g/mol. The number of methoxy groups -OCH3 is 1. The minimum Gasteiger partial charge on any atom is -0.493 e. The van der Waals surface area contributed by atoms with Crippen LogP contribution in [0.1, 0.15) is 18.9 Å². The van der Waals surface area contributed by atoms with E-state index in [4.69, 9.17) is 4.74 Å². The molecule has 0 heterocycles. The molecule has 0 aliphatic carbocycles. The topological polar surface area (TPSA) is 54.9 Å². The Kier molecular flexibility index (Phi) is 10.6. The zero-order valence-electron chi connectivity index (χ0n) is 12.9. The summed E-state index contributed by atoms with van der Waals surface area (Å²) in [6.07, 6.45) is 0.982. The van der Waals surface area contributed by atoms with Crippen LogP contribution >= 0.6 is 24.0 Å². The number of hydrogen-bond acceptors (Lipinski definition) is 3. The van der Waals surface area contributed by atoms with Gasteiger partial charge in [-0.1, -0.05) is 13.0 Å². The second kappa shape index (κ2) is 11.3. The van der Waals surface area contributed by atoms with Crippen molar-refractivity contribution in [3.8, 4) is 11.5 Å². The number of benzene rings is 1. The first-order valence-corrected chi connectivity index (χ1v) is 6.67. The van der Waals surface area contributed by atoms with Crippen LogP contribution in [0.3, 0.4) is 0 Å². The third-order valence-corrected chi connectivity index (χ3v) is 2.67. The van der Waals surface area contributed by atoms with E-state index in [9.17, 15) is 8.78 Å². The number of halogens is 3. The average Bonchev–Trinajstić information content (AvgIpc) is 2.47. The molecule has 22 heavy (non-hydrogen) atoms. The van der Waals surface area contributed by atoms with Crippen molar-refractivity contribution in [1.82, 2.24) is 10.6 Å². The van der Waals surface area contributed by atoms with E-state index in [2.05, 4.69) is 27.3 Å². The van der Waals surface area contributed by atoms with E-state index < -0.39 is 6.61 Å². The van der Waals surface area contributed by atoms with Gasteiger partial charge in [-0.3, -0.25) is 4.99 Å². The van der Waals surface area contributed by atoms with Crippen LogP contribution in [0.2, 0.25) is 0 Å². The van der Waals surface area contributed by atoms with Gasteiger partial charge < -0.3 is 20.1 Å². The van der Waals surface area contributed by atoms with Gasteiger partial charge in [0.2, 0.25) is 0 Å². The fourth-order valence-electron chi connectivity index (χ4n) is 1.67. The molecule has 0 aliphatic heterocycles. The largest absolute Gasteiger partial charge is 0.493 e. The van der Waals surface area contributed by atoms with Crippen molar-refractivity contribution in [2.45, 2.75) is 26.5 Å². The first kappa shape index (κ1) is 20.7. The van der Waals surface area contributed by atoms with Crippen LogP contribution in [0, 0.1) is 0 Å². The number of guanidine groups is 1. The van der Waals surface area contributed by atoms with E-state index in [1.807, 2.05) is 0 Å². The monoisotopic (exact) mass is 429 g/mol. The van der Waals surface area contributed by atoms with Gasteiger partial charge in [0.1, 0.15) is 0 Å². The highest BCUT2D eigenvalue weighted by Crippen LogP contribution is 2.29. The van der Waals surface area contributed by atoms with Crippen molar-refractivity contribution >= 4 is 29.9 Å². The summed E-state index contributed by atoms with van der Waals surface area (Å²) in [6.45, 7) is 0.410. The van der Waals surface area contributed by atoms with E-state index in [1.165, 1.54) is 13.2 Å². The minimum absolute atomic E-state index is 0. The molecule has 0 bridgehead atoms. The second-order valence-corrected chi connectivity index (χ2v) is 4.22. The lowest BCUT2D eigenvalue weighted by atomic mass is 10.2. The van der Waals surface area contributed by atoms with Crippen molar-refractivity contribution < 1.29 is 18.3 Å². The highest BCUT2D eigenvalue weighted by atomic mass is 127. The fourth-order valence-corrected chi connectivity index (χ4v) is 1.67. The molecule has 0 aromatic heterocycles. The van der Waals surface area contributed by atoms with Gasteiger partial charge in [-0.25, -0.2) is 0 Å². The third-order valence-electron chi connectivity index (χ3n) is 2.67. The molecule has 5 nitrogen and oxygen atoms in total.